The summed E-state index contributed by atoms with van der Waals surface area (Å²) < 4.78 is 10.1. The number of benzene rings is 1. The van der Waals surface area contributed by atoms with Gasteiger partial charge in [-0.05, 0) is 25.1 Å². The highest BCUT2D eigenvalue weighted by molar-refractivity contribution is 5.77. The number of aliphatic carboxylic acids is 1. The minimum absolute atomic E-state index is 0.561. The molecule has 82 valence electrons. The van der Waals surface area contributed by atoms with Crippen LogP contribution in [0.15, 0.2) is 18.2 Å². The molecule has 0 unspecified atom stereocenters. The average molecular weight is 210 g/mol. The van der Waals surface area contributed by atoms with Crippen LogP contribution in [0.4, 0.5) is 0 Å². The molecule has 0 saturated carbocycles. The Morgan fingerprint density at radius 3 is 2.47 bits per heavy atom. The number of methoxy groups -OCH3 is 2. The number of carboxylic acids is 1. The topological polar surface area (TPSA) is 55.8 Å². The van der Waals surface area contributed by atoms with Crippen LogP contribution in [-0.2, 0) is 4.79 Å². The predicted octanol–water partition coefficient (Wildman–Crippen LogP) is 1.89. The summed E-state index contributed by atoms with van der Waals surface area (Å²) in [6.07, 6.45) is 0. The average Bonchev–Trinajstić information content (AvgIpc) is 2.27. The molecule has 15 heavy (non-hydrogen) atoms. The van der Waals surface area contributed by atoms with Crippen molar-refractivity contribution in [3.8, 4) is 11.5 Å². The molecular formula is C11H14O4. The van der Waals surface area contributed by atoms with E-state index in [0.29, 0.717) is 17.1 Å². The van der Waals surface area contributed by atoms with Crippen LogP contribution in [0.1, 0.15) is 18.4 Å². The third kappa shape index (κ3) is 2.40. The molecule has 1 N–H and O–H groups in total. The lowest BCUT2D eigenvalue weighted by Gasteiger charge is -2.13. The van der Waals surface area contributed by atoms with Gasteiger partial charge in [0, 0.05) is 5.56 Å². The first-order valence-electron chi connectivity index (χ1n) is 4.55. The van der Waals surface area contributed by atoms with Crippen molar-refractivity contribution in [2.24, 2.45) is 0 Å². The third-order valence-electron chi connectivity index (χ3n) is 2.27. The van der Waals surface area contributed by atoms with Gasteiger partial charge in [0.15, 0.2) is 0 Å². The van der Waals surface area contributed by atoms with E-state index in [1.165, 1.54) is 14.2 Å². The fourth-order valence-corrected chi connectivity index (χ4v) is 1.31. The van der Waals surface area contributed by atoms with E-state index in [4.69, 9.17) is 14.6 Å². The van der Waals surface area contributed by atoms with Crippen LogP contribution in [0, 0.1) is 0 Å². The Balaban J connectivity index is 3.16. The van der Waals surface area contributed by atoms with E-state index in [9.17, 15) is 4.79 Å². The SMILES string of the molecule is COc1ccc(OC)c([C@@H](C)C(=O)O)c1. The highest BCUT2D eigenvalue weighted by Crippen LogP contribution is 2.30. The van der Waals surface area contributed by atoms with Crippen molar-refractivity contribution in [3.63, 3.8) is 0 Å². The summed E-state index contributed by atoms with van der Waals surface area (Å²) >= 11 is 0. The summed E-state index contributed by atoms with van der Waals surface area (Å²) in [5.41, 5.74) is 0.615. The number of ether oxygens (including phenoxy) is 2. The molecule has 0 heterocycles. The van der Waals surface area contributed by atoms with E-state index in [2.05, 4.69) is 0 Å². The van der Waals surface area contributed by atoms with Gasteiger partial charge in [-0.2, -0.15) is 0 Å². The van der Waals surface area contributed by atoms with E-state index in [1.54, 1.807) is 25.1 Å². The molecular weight excluding hydrogens is 196 g/mol. The van der Waals surface area contributed by atoms with Gasteiger partial charge in [0.1, 0.15) is 11.5 Å². The number of carbonyl (C=O) groups is 1. The third-order valence-corrected chi connectivity index (χ3v) is 2.27. The van der Waals surface area contributed by atoms with Crippen molar-refractivity contribution in [2.75, 3.05) is 14.2 Å². The first-order valence-corrected chi connectivity index (χ1v) is 4.55. The quantitative estimate of drug-likeness (QED) is 0.824. The van der Waals surface area contributed by atoms with Crippen LogP contribution in [0.2, 0.25) is 0 Å². The Hall–Kier alpha value is -1.71. The summed E-state index contributed by atoms with van der Waals surface area (Å²) in [5, 5.41) is 8.92. The lowest BCUT2D eigenvalue weighted by Crippen LogP contribution is -2.09. The Kier molecular flexibility index (Phi) is 3.55. The second-order valence-electron chi connectivity index (χ2n) is 3.17. The van der Waals surface area contributed by atoms with Crippen LogP contribution < -0.4 is 9.47 Å². The first kappa shape index (κ1) is 11.4. The summed E-state index contributed by atoms with van der Waals surface area (Å²) in [6.45, 7) is 1.61. The molecule has 1 rings (SSSR count). The highest BCUT2D eigenvalue weighted by Gasteiger charge is 2.18. The molecule has 0 amide bonds. The van der Waals surface area contributed by atoms with Crippen molar-refractivity contribution in [2.45, 2.75) is 12.8 Å². The predicted molar refractivity (Wildman–Crippen MR) is 55.6 cm³/mol. The molecule has 1 aromatic carbocycles. The summed E-state index contributed by atoms with van der Waals surface area (Å²) in [6, 6.07) is 5.11. The van der Waals surface area contributed by atoms with E-state index in [1.807, 2.05) is 0 Å². The minimum atomic E-state index is -0.887. The van der Waals surface area contributed by atoms with Crippen molar-refractivity contribution >= 4 is 5.97 Å². The Morgan fingerprint density at radius 2 is 2.00 bits per heavy atom. The van der Waals surface area contributed by atoms with Crippen LogP contribution in [-0.4, -0.2) is 25.3 Å². The lowest BCUT2D eigenvalue weighted by molar-refractivity contribution is -0.138. The Bertz CT molecular complexity index is 360. The first-order chi connectivity index (χ1) is 7.10. The standard InChI is InChI=1S/C11H14O4/c1-7(11(12)13)9-6-8(14-2)4-5-10(9)15-3/h4-7H,1-3H3,(H,12,13)/t7-/m1/s1. The van der Waals surface area contributed by atoms with E-state index in [-0.39, 0.29) is 0 Å². The number of hydrogen-bond acceptors (Lipinski definition) is 3. The fourth-order valence-electron chi connectivity index (χ4n) is 1.31. The van der Waals surface area contributed by atoms with Crippen molar-refractivity contribution in [1.29, 1.82) is 0 Å². The molecule has 0 aliphatic heterocycles. The largest absolute Gasteiger partial charge is 0.497 e. The number of carboxylic acid groups (broad SMARTS) is 1. The summed E-state index contributed by atoms with van der Waals surface area (Å²) in [7, 11) is 3.05. The normalized spacial score (nSPS) is 11.9. The van der Waals surface area contributed by atoms with E-state index >= 15 is 0 Å². The second-order valence-corrected chi connectivity index (χ2v) is 3.17. The van der Waals surface area contributed by atoms with Crippen LogP contribution in [0.3, 0.4) is 0 Å². The molecule has 0 aliphatic carbocycles. The summed E-state index contributed by atoms with van der Waals surface area (Å²) in [5.74, 6) is -0.318. The van der Waals surface area contributed by atoms with Gasteiger partial charge in [0.05, 0.1) is 20.1 Å². The minimum Gasteiger partial charge on any atom is -0.497 e. The van der Waals surface area contributed by atoms with Gasteiger partial charge < -0.3 is 14.6 Å². The molecule has 1 aromatic rings. The van der Waals surface area contributed by atoms with Gasteiger partial charge >= 0.3 is 5.97 Å². The van der Waals surface area contributed by atoms with E-state index in [0.717, 1.165) is 0 Å². The smallest absolute Gasteiger partial charge is 0.310 e. The monoisotopic (exact) mass is 210 g/mol. The van der Waals surface area contributed by atoms with Crippen LogP contribution in [0.5, 0.6) is 11.5 Å². The highest BCUT2D eigenvalue weighted by atomic mass is 16.5. The molecule has 4 heteroatoms. The Morgan fingerprint density at radius 1 is 1.33 bits per heavy atom. The molecule has 0 bridgehead atoms. The molecule has 0 aromatic heterocycles. The zero-order chi connectivity index (χ0) is 11.4. The number of rotatable bonds is 4. The maximum Gasteiger partial charge on any atom is 0.310 e. The molecule has 4 nitrogen and oxygen atoms in total. The van der Waals surface area contributed by atoms with Gasteiger partial charge in [-0.15, -0.1) is 0 Å². The molecule has 0 saturated heterocycles. The zero-order valence-electron chi connectivity index (χ0n) is 8.98. The molecule has 1 atom stereocenters. The van der Waals surface area contributed by atoms with Crippen LogP contribution in [0.25, 0.3) is 0 Å². The van der Waals surface area contributed by atoms with Gasteiger partial charge in [-0.3, -0.25) is 4.79 Å². The summed E-state index contributed by atoms with van der Waals surface area (Å²) in [4.78, 5) is 10.9. The van der Waals surface area contributed by atoms with Crippen molar-refractivity contribution in [1.82, 2.24) is 0 Å². The lowest BCUT2D eigenvalue weighted by atomic mass is 10.00. The number of hydrogen-bond donors (Lipinski definition) is 1. The Labute approximate surface area is 88.4 Å². The van der Waals surface area contributed by atoms with Gasteiger partial charge in [-0.1, -0.05) is 0 Å². The van der Waals surface area contributed by atoms with Gasteiger partial charge in [-0.25, -0.2) is 0 Å². The van der Waals surface area contributed by atoms with Crippen LogP contribution >= 0.6 is 0 Å². The van der Waals surface area contributed by atoms with Gasteiger partial charge in [0.25, 0.3) is 0 Å². The molecule has 0 spiro atoms. The molecule has 0 aliphatic rings. The van der Waals surface area contributed by atoms with Crippen molar-refractivity contribution < 1.29 is 19.4 Å². The zero-order valence-corrected chi connectivity index (χ0v) is 8.98. The van der Waals surface area contributed by atoms with Gasteiger partial charge in [0.2, 0.25) is 0 Å². The molecule has 0 radical (unpaired) electrons. The fraction of sp³-hybridized carbons (Fsp3) is 0.364. The maximum absolute atomic E-state index is 10.9. The maximum atomic E-state index is 10.9. The van der Waals surface area contributed by atoms with E-state index < -0.39 is 11.9 Å². The molecule has 0 fully saturated rings. The second kappa shape index (κ2) is 4.68. The van der Waals surface area contributed by atoms with Crippen molar-refractivity contribution in [3.05, 3.63) is 23.8 Å².